The first kappa shape index (κ1) is 12.7. The molecule has 0 unspecified atom stereocenters. The van der Waals surface area contributed by atoms with Gasteiger partial charge in [0.15, 0.2) is 5.16 Å². The summed E-state index contributed by atoms with van der Waals surface area (Å²) in [7, 11) is 0. The lowest BCUT2D eigenvalue weighted by Gasteiger charge is -2.04. The largest absolute Gasteiger partial charge is 0.231 e. The standard InChI is InChI=1S/C12H10Cl2N2S/c1-8-4-5-15-12(16-8)17-7-9-2-3-10(13)6-11(9)14/h2-6H,7H2,1H3. The summed E-state index contributed by atoms with van der Waals surface area (Å²) >= 11 is 13.5. The lowest BCUT2D eigenvalue weighted by Crippen LogP contribution is -1.89. The molecule has 0 saturated carbocycles. The van der Waals surface area contributed by atoms with Gasteiger partial charge in [-0.25, -0.2) is 9.97 Å². The van der Waals surface area contributed by atoms with Gasteiger partial charge in [0.05, 0.1) is 0 Å². The van der Waals surface area contributed by atoms with E-state index < -0.39 is 0 Å². The van der Waals surface area contributed by atoms with Crippen molar-refractivity contribution < 1.29 is 0 Å². The van der Waals surface area contributed by atoms with Crippen molar-refractivity contribution in [2.75, 3.05) is 0 Å². The highest BCUT2D eigenvalue weighted by Gasteiger charge is 2.04. The van der Waals surface area contributed by atoms with E-state index in [9.17, 15) is 0 Å². The number of aromatic nitrogens is 2. The fourth-order valence-corrected chi connectivity index (χ4v) is 2.71. The van der Waals surface area contributed by atoms with Gasteiger partial charge in [0.25, 0.3) is 0 Å². The zero-order valence-electron chi connectivity index (χ0n) is 9.15. The first-order valence-corrected chi connectivity index (χ1v) is 6.75. The first-order chi connectivity index (χ1) is 8.15. The van der Waals surface area contributed by atoms with Crippen LogP contribution < -0.4 is 0 Å². The summed E-state index contributed by atoms with van der Waals surface area (Å²) in [5, 5.41) is 2.09. The number of halogens is 2. The lowest BCUT2D eigenvalue weighted by atomic mass is 10.2. The summed E-state index contributed by atoms with van der Waals surface area (Å²) in [5.74, 6) is 0.736. The molecule has 1 aromatic heterocycles. The molecule has 0 aliphatic heterocycles. The van der Waals surface area contributed by atoms with E-state index in [4.69, 9.17) is 23.2 Å². The highest BCUT2D eigenvalue weighted by Crippen LogP contribution is 2.26. The smallest absolute Gasteiger partial charge is 0.188 e. The van der Waals surface area contributed by atoms with Gasteiger partial charge >= 0.3 is 0 Å². The minimum atomic E-state index is 0.649. The average molecular weight is 285 g/mol. The predicted octanol–water partition coefficient (Wildman–Crippen LogP) is 4.38. The molecule has 0 amide bonds. The summed E-state index contributed by atoms with van der Waals surface area (Å²) < 4.78 is 0. The Morgan fingerprint density at radius 1 is 1.24 bits per heavy atom. The Kier molecular flexibility index (Phi) is 4.26. The summed E-state index contributed by atoms with van der Waals surface area (Å²) in [6.07, 6.45) is 1.76. The molecule has 0 fully saturated rings. The van der Waals surface area contributed by atoms with Gasteiger partial charge in [0, 0.05) is 27.7 Å². The highest BCUT2D eigenvalue weighted by molar-refractivity contribution is 7.98. The van der Waals surface area contributed by atoms with Crippen LogP contribution in [-0.2, 0) is 5.75 Å². The van der Waals surface area contributed by atoms with Crippen LogP contribution in [0.5, 0.6) is 0 Å². The summed E-state index contributed by atoms with van der Waals surface area (Å²) in [6.45, 7) is 1.95. The topological polar surface area (TPSA) is 25.8 Å². The van der Waals surface area contributed by atoms with Crippen molar-refractivity contribution in [1.29, 1.82) is 0 Å². The molecular weight excluding hydrogens is 275 g/mol. The van der Waals surface area contributed by atoms with E-state index in [1.54, 1.807) is 24.0 Å². The third-order valence-electron chi connectivity index (χ3n) is 2.14. The molecule has 0 aliphatic carbocycles. The van der Waals surface area contributed by atoms with Crippen LogP contribution in [0.3, 0.4) is 0 Å². The van der Waals surface area contributed by atoms with Gasteiger partial charge in [-0.15, -0.1) is 0 Å². The molecule has 1 aromatic carbocycles. The molecule has 1 heterocycles. The van der Waals surface area contributed by atoms with E-state index in [0.717, 1.165) is 22.2 Å². The number of benzene rings is 1. The molecule has 2 nitrogen and oxygen atoms in total. The Morgan fingerprint density at radius 2 is 2.06 bits per heavy atom. The van der Waals surface area contributed by atoms with Gasteiger partial charge in [-0.1, -0.05) is 41.0 Å². The molecule has 0 radical (unpaired) electrons. The quantitative estimate of drug-likeness (QED) is 0.618. The van der Waals surface area contributed by atoms with Crippen LogP contribution in [0.2, 0.25) is 10.0 Å². The number of rotatable bonds is 3. The van der Waals surface area contributed by atoms with Crippen LogP contribution in [0.25, 0.3) is 0 Å². The van der Waals surface area contributed by atoms with E-state index in [2.05, 4.69) is 9.97 Å². The van der Waals surface area contributed by atoms with Gasteiger partial charge in [0.2, 0.25) is 0 Å². The Hall–Kier alpha value is -0.770. The van der Waals surface area contributed by atoms with Crippen molar-refractivity contribution in [2.45, 2.75) is 17.8 Å². The third-order valence-corrected chi connectivity index (χ3v) is 3.64. The van der Waals surface area contributed by atoms with Gasteiger partial charge in [-0.3, -0.25) is 0 Å². The van der Waals surface area contributed by atoms with Crippen LogP contribution in [-0.4, -0.2) is 9.97 Å². The normalized spacial score (nSPS) is 10.5. The van der Waals surface area contributed by atoms with Crippen molar-refractivity contribution in [2.24, 2.45) is 0 Å². The monoisotopic (exact) mass is 284 g/mol. The first-order valence-electron chi connectivity index (χ1n) is 5.01. The molecule has 5 heteroatoms. The van der Waals surface area contributed by atoms with Crippen molar-refractivity contribution >= 4 is 35.0 Å². The lowest BCUT2D eigenvalue weighted by molar-refractivity contribution is 0.932. The maximum atomic E-state index is 6.09. The number of thioether (sulfide) groups is 1. The van der Waals surface area contributed by atoms with Gasteiger partial charge in [0.1, 0.15) is 0 Å². The van der Waals surface area contributed by atoms with Crippen molar-refractivity contribution in [3.8, 4) is 0 Å². The van der Waals surface area contributed by atoms with Crippen molar-refractivity contribution in [3.63, 3.8) is 0 Å². The minimum absolute atomic E-state index is 0.649. The zero-order chi connectivity index (χ0) is 12.3. The highest BCUT2D eigenvalue weighted by atomic mass is 35.5. The maximum absolute atomic E-state index is 6.09. The molecule has 0 saturated heterocycles. The molecule has 0 N–H and O–H groups in total. The minimum Gasteiger partial charge on any atom is -0.231 e. The molecule has 0 bridgehead atoms. The average Bonchev–Trinajstić information content (AvgIpc) is 2.28. The van der Waals surface area contributed by atoms with Crippen LogP contribution >= 0.6 is 35.0 Å². The molecule has 0 atom stereocenters. The second kappa shape index (κ2) is 5.71. The van der Waals surface area contributed by atoms with E-state index in [0.29, 0.717) is 10.0 Å². The summed E-state index contributed by atoms with van der Waals surface area (Å²) in [4.78, 5) is 8.50. The Morgan fingerprint density at radius 3 is 2.76 bits per heavy atom. The predicted molar refractivity (Wildman–Crippen MR) is 72.8 cm³/mol. The molecule has 2 rings (SSSR count). The molecule has 17 heavy (non-hydrogen) atoms. The number of hydrogen-bond acceptors (Lipinski definition) is 3. The SMILES string of the molecule is Cc1ccnc(SCc2ccc(Cl)cc2Cl)n1. The van der Waals surface area contributed by atoms with Crippen LogP contribution in [0.1, 0.15) is 11.3 Å². The Balaban J connectivity index is 2.07. The Bertz CT molecular complexity index is 532. The van der Waals surface area contributed by atoms with Gasteiger partial charge in [-0.05, 0) is 30.7 Å². The molecule has 2 aromatic rings. The zero-order valence-corrected chi connectivity index (χ0v) is 11.5. The molecule has 0 aliphatic rings. The summed E-state index contributed by atoms with van der Waals surface area (Å²) in [5.41, 5.74) is 2.00. The van der Waals surface area contributed by atoms with Crippen molar-refractivity contribution in [1.82, 2.24) is 9.97 Å². The molecular formula is C12H10Cl2N2S. The number of aryl methyl sites for hydroxylation is 1. The van der Waals surface area contributed by atoms with Gasteiger partial charge < -0.3 is 0 Å². The molecule has 0 spiro atoms. The van der Waals surface area contributed by atoms with Crippen LogP contribution in [0, 0.1) is 6.92 Å². The van der Waals surface area contributed by atoms with E-state index in [1.165, 1.54) is 0 Å². The number of nitrogens with zero attached hydrogens (tertiary/aromatic N) is 2. The Labute approximate surface area is 114 Å². The third kappa shape index (κ3) is 3.60. The fourth-order valence-electron chi connectivity index (χ4n) is 1.28. The fraction of sp³-hybridized carbons (Fsp3) is 0.167. The van der Waals surface area contributed by atoms with Crippen molar-refractivity contribution in [3.05, 3.63) is 51.8 Å². The van der Waals surface area contributed by atoms with E-state index in [-0.39, 0.29) is 0 Å². The number of hydrogen-bond donors (Lipinski definition) is 0. The van der Waals surface area contributed by atoms with Crippen LogP contribution in [0.4, 0.5) is 0 Å². The molecule has 88 valence electrons. The van der Waals surface area contributed by atoms with Crippen LogP contribution in [0.15, 0.2) is 35.6 Å². The van der Waals surface area contributed by atoms with E-state index >= 15 is 0 Å². The second-order valence-electron chi connectivity index (χ2n) is 3.51. The van der Waals surface area contributed by atoms with E-state index in [1.807, 2.05) is 25.1 Å². The van der Waals surface area contributed by atoms with Gasteiger partial charge in [-0.2, -0.15) is 0 Å². The summed E-state index contributed by atoms with van der Waals surface area (Å²) in [6, 6.07) is 7.38. The second-order valence-corrected chi connectivity index (χ2v) is 5.29. The maximum Gasteiger partial charge on any atom is 0.188 e.